The monoisotopic (exact) mass is 874 g/mol. The van der Waals surface area contributed by atoms with Crippen molar-refractivity contribution in [1.29, 1.82) is 0 Å². The van der Waals surface area contributed by atoms with Gasteiger partial charge >= 0.3 is 23.9 Å². The second-order valence-electron chi connectivity index (χ2n) is 13.0. The number of rotatable bonds is 6. The van der Waals surface area contributed by atoms with Crippen LogP contribution in [0.5, 0.6) is 0 Å². The Labute approximate surface area is 327 Å². The summed E-state index contributed by atoms with van der Waals surface area (Å²) in [7, 11) is 0. The first-order valence-electron chi connectivity index (χ1n) is 16.2. The van der Waals surface area contributed by atoms with Gasteiger partial charge in [-0.15, -0.1) is 0 Å². The fourth-order valence-electron chi connectivity index (χ4n) is 7.81. The molecule has 0 saturated heterocycles. The van der Waals surface area contributed by atoms with Crippen LogP contribution in [-0.4, -0.2) is 67.9 Å². The molecule has 2 aliphatic heterocycles. The van der Waals surface area contributed by atoms with Crippen LogP contribution in [0.1, 0.15) is 82.9 Å². The molecule has 272 valence electrons. The van der Waals surface area contributed by atoms with E-state index >= 15 is 0 Å². The number of carboxylic acids is 4. The lowest BCUT2D eigenvalue weighted by Gasteiger charge is -2.31. The summed E-state index contributed by atoms with van der Waals surface area (Å²) in [6.45, 7) is 0. The second kappa shape index (κ2) is 11.7. The van der Waals surface area contributed by atoms with E-state index in [9.17, 15) is 58.8 Å². The van der Waals surface area contributed by atoms with Crippen LogP contribution in [0.15, 0.2) is 81.7 Å². The van der Waals surface area contributed by atoms with Gasteiger partial charge < -0.3 is 20.4 Å². The Morgan fingerprint density at radius 2 is 0.696 bits per heavy atom. The predicted molar refractivity (Wildman–Crippen MR) is 206 cm³/mol. The Kier molecular flexibility index (Phi) is 7.27. The van der Waals surface area contributed by atoms with E-state index in [2.05, 4.69) is 31.9 Å². The third kappa shape index (κ3) is 4.59. The second-order valence-corrected chi connectivity index (χ2v) is 14.7. The summed E-state index contributed by atoms with van der Waals surface area (Å²) in [5.41, 5.74) is -2.04. The summed E-state index contributed by atoms with van der Waals surface area (Å²) in [5.74, 6) is -9.19. The third-order valence-electron chi connectivity index (χ3n) is 10.1. The van der Waals surface area contributed by atoms with E-state index in [1.54, 1.807) is 12.1 Å². The standard InChI is InChI=1S/C40H16Br2N2O12/c41-25-11-24-28-22(34(46)44(36(24)48)18-9-15(39(53)54)6-16(10-18)40(55)56)4-2-20-30-26(42)12-23-27-21(3-1-19(31(27)30)29(25)32(20)28)33(45)43(35(23)47)17-7-13(37(49)50)5-14(8-17)38(51)52/h1-12H,(H,49,50)(H,51,52)(H,53,54)(H,55,56). The SMILES string of the molecule is O=C(O)c1cc(C(=O)O)cc(N2C(=O)c3ccc4c5c(Br)cc6c7c(ccc(c8c(Br)cc(c3c48)C2=O)c75)C(=O)N(c2cc(C(=O)O)cc(C(=O)O)c2)C6=O)c1. The molecular weight excluding hydrogens is 860 g/mol. The number of carboxylic acid groups (broad SMARTS) is 4. The highest BCUT2D eigenvalue weighted by molar-refractivity contribution is 9.11. The molecule has 7 aromatic carbocycles. The van der Waals surface area contributed by atoms with Gasteiger partial charge in [0, 0.05) is 52.4 Å². The van der Waals surface area contributed by atoms with Gasteiger partial charge in [-0.1, -0.05) is 44.0 Å². The number of hydrogen-bond acceptors (Lipinski definition) is 8. The van der Waals surface area contributed by atoms with Crippen LogP contribution in [0, 0.1) is 0 Å². The number of carbonyl (C=O) groups excluding carboxylic acids is 4. The van der Waals surface area contributed by atoms with Gasteiger partial charge in [0.2, 0.25) is 0 Å². The lowest BCUT2D eigenvalue weighted by atomic mass is 9.82. The molecule has 9 rings (SSSR count). The number of fused-ring (bicyclic) bond motifs is 2. The molecule has 0 saturated carbocycles. The first-order chi connectivity index (χ1) is 26.6. The summed E-state index contributed by atoms with van der Waals surface area (Å²) in [5, 5.41) is 42.3. The zero-order chi connectivity index (χ0) is 39.8. The lowest BCUT2D eigenvalue weighted by molar-refractivity contribution is 0.0676. The minimum atomic E-state index is -1.46. The fraction of sp³-hybridized carbons (Fsp3) is 0. The van der Waals surface area contributed by atoms with Gasteiger partial charge in [-0.05, 0) is 71.4 Å². The summed E-state index contributed by atoms with van der Waals surface area (Å²) >= 11 is 7.22. The molecule has 0 fully saturated rings. The third-order valence-corrected chi connectivity index (χ3v) is 11.3. The molecule has 2 aliphatic rings. The highest BCUT2D eigenvalue weighted by Crippen LogP contribution is 2.51. The molecule has 4 amide bonds. The van der Waals surface area contributed by atoms with Gasteiger partial charge in [0.1, 0.15) is 0 Å². The van der Waals surface area contributed by atoms with Gasteiger partial charge in [0.15, 0.2) is 0 Å². The molecule has 0 bridgehead atoms. The minimum absolute atomic E-state index is 0.0557. The molecule has 4 N–H and O–H groups in total. The molecule has 2 heterocycles. The number of imide groups is 2. The van der Waals surface area contributed by atoms with E-state index in [0.717, 1.165) is 46.2 Å². The largest absolute Gasteiger partial charge is 0.478 e. The van der Waals surface area contributed by atoms with Gasteiger partial charge in [-0.25, -0.2) is 29.0 Å². The fourth-order valence-corrected chi connectivity index (χ4v) is 9.09. The summed E-state index contributed by atoms with van der Waals surface area (Å²) in [4.78, 5) is 106. The zero-order valence-corrected chi connectivity index (χ0v) is 30.8. The number of anilines is 2. The van der Waals surface area contributed by atoms with Crippen LogP contribution in [-0.2, 0) is 0 Å². The predicted octanol–water partition coefficient (Wildman–Crippen LogP) is 7.66. The molecule has 16 heteroatoms. The highest BCUT2D eigenvalue weighted by Gasteiger charge is 2.40. The number of amides is 4. The van der Waals surface area contributed by atoms with Crippen LogP contribution in [0.2, 0.25) is 0 Å². The van der Waals surface area contributed by atoms with Crippen LogP contribution in [0.4, 0.5) is 11.4 Å². The first-order valence-corrected chi connectivity index (χ1v) is 17.8. The number of benzene rings is 7. The molecule has 56 heavy (non-hydrogen) atoms. The first kappa shape index (κ1) is 34.7. The van der Waals surface area contributed by atoms with Crippen LogP contribution >= 0.6 is 31.9 Å². The highest BCUT2D eigenvalue weighted by atomic mass is 79.9. The molecule has 0 unspecified atom stereocenters. The maximum Gasteiger partial charge on any atom is 0.335 e. The summed E-state index contributed by atoms with van der Waals surface area (Å²) in [6, 6.07) is 15.2. The Hall–Kier alpha value is -7.04. The Bertz CT molecular complexity index is 2900. The van der Waals surface area contributed by atoms with Crippen LogP contribution < -0.4 is 9.80 Å². The van der Waals surface area contributed by atoms with Crippen molar-refractivity contribution in [3.63, 3.8) is 0 Å². The zero-order valence-electron chi connectivity index (χ0n) is 27.6. The van der Waals surface area contributed by atoms with E-state index in [-0.39, 0.29) is 44.4 Å². The molecule has 0 radical (unpaired) electrons. The van der Waals surface area contributed by atoms with Crippen LogP contribution in [0.3, 0.4) is 0 Å². The van der Waals surface area contributed by atoms with Gasteiger partial charge in [0.25, 0.3) is 23.6 Å². The summed E-state index contributed by atoms with van der Waals surface area (Å²) in [6.07, 6.45) is 0. The van der Waals surface area contributed by atoms with Crippen molar-refractivity contribution < 1.29 is 58.8 Å². The van der Waals surface area contributed by atoms with Crippen molar-refractivity contribution in [2.75, 3.05) is 9.80 Å². The molecule has 0 spiro atoms. The Morgan fingerprint density at radius 1 is 0.393 bits per heavy atom. The molecule has 0 aliphatic carbocycles. The van der Waals surface area contributed by atoms with Gasteiger partial charge in [0.05, 0.1) is 44.8 Å². The maximum atomic E-state index is 14.3. The number of aromatic carboxylic acids is 4. The van der Waals surface area contributed by atoms with Gasteiger partial charge in [-0.3, -0.25) is 19.2 Å². The van der Waals surface area contributed by atoms with E-state index in [1.807, 2.05) is 0 Å². The van der Waals surface area contributed by atoms with Crippen molar-refractivity contribution in [2.24, 2.45) is 0 Å². The Morgan fingerprint density at radius 3 is 1.00 bits per heavy atom. The van der Waals surface area contributed by atoms with Gasteiger partial charge in [-0.2, -0.15) is 0 Å². The average molecular weight is 876 g/mol. The maximum absolute atomic E-state index is 14.3. The molecule has 0 atom stereocenters. The average Bonchev–Trinajstić information content (AvgIpc) is 3.15. The molecule has 14 nitrogen and oxygen atoms in total. The van der Waals surface area contributed by atoms with E-state index in [1.165, 1.54) is 24.3 Å². The number of nitrogens with zero attached hydrogens (tertiary/aromatic N) is 2. The Balaban J connectivity index is 1.29. The van der Waals surface area contributed by atoms with E-state index in [4.69, 9.17) is 0 Å². The lowest BCUT2D eigenvalue weighted by Crippen LogP contribution is -2.41. The number of hydrogen-bond donors (Lipinski definition) is 4. The van der Waals surface area contributed by atoms with E-state index < -0.39 is 69.8 Å². The van der Waals surface area contributed by atoms with E-state index in [0.29, 0.717) is 41.3 Å². The number of halogens is 2. The van der Waals surface area contributed by atoms with Crippen molar-refractivity contribution >= 4 is 134 Å². The van der Waals surface area contributed by atoms with Crippen molar-refractivity contribution in [1.82, 2.24) is 0 Å². The van der Waals surface area contributed by atoms with Crippen molar-refractivity contribution in [3.05, 3.63) is 126 Å². The molecule has 7 aromatic rings. The topological polar surface area (TPSA) is 224 Å². The summed E-state index contributed by atoms with van der Waals surface area (Å²) < 4.78 is 0.770. The minimum Gasteiger partial charge on any atom is -0.478 e. The van der Waals surface area contributed by atoms with Crippen LogP contribution in [0.25, 0.3) is 43.1 Å². The smallest absolute Gasteiger partial charge is 0.335 e. The van der Waals surface area contributed by atoms with Crippen molar-refractivity contribution in [3.8, 4) is 0 Å². The molecular formula is C40H16Br2N2O12. The normalized spacial score (nSPS) is 13.8. The quantitative estimate of drug-likeness (QED) is 0.0718. The van der Waals surface area contributed by atoms with Crippen molar-refractivity contribution in [2.45, 2.75) is 0 Å². The molecule has 0 aromatic heterocycles. The number of carbonyl (C=O) groups is 8.